The molecule has 0 N–H and O–H groups in total. The summed E-state index contributed by atoms with van der Waals surface area (Å²) in [6.07, 6.45) is 73.6. The molecular formula is C67H128O6. The Kier molecular flexibility index (Phi) is 61.1. The van der Waals surface area contributed by atoms with Crippen LogP contribution in [0.1, 0.15) is 380 Å². The van der Waals surface area contributed by atoms with Crippen molar-refractivity contribution in [3.05, 3.63) is 12.2 Å². The summed E-state index contributed by atoms with van der Waals surface area (Å²) in [5.74, 6) is -0.832. The molecule has 0 aliphatic heterocycles. The van der Waals surface area contributed by atoms with E-state index in [0.29, 0.717) is 19.3 Å². The van der Waals surface area contributed by atoms with Crippen LogP contribution in [-0.2, 0) is 28.6 Å². The van der Waals surface area contributed by atoms with Crippen LogP contribution in [0.3, 0.4) is 0 Å². The Hall–Kier alpha value is -1.85. The van der Waals surface area contributed by atoms with E-state index in [0.717, 1.165) is 57.8 Å². The molecule has 73 heavy (non-hydrogen) atoms. The van der Waals surface area contributed by atoms with E-state index in [9.17, 15) is 14.4 Å². The van der Waals surface area contributed by atoms with Crippen LogP contribution in [0.5, 0.6) is 0 Å². The zero-order chi connectivity index (χ0) is 52.9. The molecule has 6 nitrogen and oxygen atoms in total. The summed E-state index contributed by atoms with van der Waals surface area (Å²) in [6.45, 7) is 6.72. The van der Waals surface area contributed by atoms with Crippen molar-refractivity contribution >= 4 is 17.9 Å². The second-order valence-electron chi connectivity index (χ2n) is 22.7. The van der Waals surface area contributed by atoms with Crippen molar-refractivity contribution in [2.45, 2.75) is 386 Å². The fourth-order valence-corrected chi connectivity index (χ4v) is 10.3. The number of allylic oxidation sites excluding steroid dienone is 2. The van der Waals surface area contributed by atoms with Crippen molar-refractivity contribution in [1.82, 2.24) is 0 Å². The van der Waals surface area contributed by atoms with Crippen molar-refractivity contribution < 1.29 is 28.6 Å². The average Bonchev–Trinajstić information content (AvgIpc) is 3.39. The molecule has 432 valence electrons. The van der Waals surface area contributed by atoms with Gasteiger partial charge in [-0.25, -0.2) is 0 Å². The fraction of sp³-hybridized carbons (Fsp3) is 0.925. The topological polar surface area (TPSA) is 78.9 Å². The number of hydrogen-bond acceptors (Lipinski definition) is 6. The molecular weight excluding hydrogens is 901 g/mol. The number of hydrogen-bond donors (Lipinski definition) is 0. The summed E-state index contributed by atoms with van der Waals surface area (Å²) in [5.41, 5.74) is 0. The summed E-state index contributed by atoms with van der Waals surface area (Å²) in [6, 6.07) is 0. The summed E-state index contributed by atoms with van der Waals surface area (Å²) in [5, 5.41) is 0. The molecule has 0 unspecified atom stereocenters. The summed E-state index contributed by atoms with van der Waals surface area (Å²) < 4.78 is 17.0. The highest BCUT2D eigenvalue weighted by Gasteiger charge is 2.19. The van der Waals surface area contributed by atoms with Gasteiger partial charge in [-0.2, -0.15) is 0 Å². The van der Waals surface area contributed by atoms with Crippen molar-refractivity contribution in [3.8, 4) is 0 Å². The van der Waals surface area contributed by atoms with Gasteiger partial charge in [0.2, 0.25) is 0 Å². The van der Waals surface area contributed by atoms with E-state index in [1.165, 1.54) is 283 Å². The molecule has 0 amide bonds. The Morgan fingerprint density at radius 1 is 0.260 bits per heavy atom. The van der Waals surface area contributed by atoms with Gasteiger partial charge < -0.3 is 14.2 Å². The lowest BCUT2D eigenvalue weighted by Gasteiger charge is -2.18. The van der Waals surface area contributed by atoms with Gasteiger partial charge in [-0.15, -0.1) is 0 Å². The van der Waals surface area contributed by atoms with Gasteiger partial charge in [0.15, 0.2) is 6.10 Å². The third-order valence-electron chi connectivity index (χ3n) is 15.3. The summed E-state index contributed by atoms with van der Waals surface area (Å²) in [4.78, 5) is 38.4. The first-order chi connectivity index (χ1) is 36.0. The second-order valence-corrected chi connectivity index (χ2v) is 22.7. The van der Waals surface area contributed by atoms with Crippen LogP contribution in [0, 0.1) is 0 Å². The van der Waals surface area contributed by atoms with E-state index >= 15 is 0 Å². The maximum Gasteiger partial charge on any atom is 0.306 e. The Morgan fingerprint density at radius 3 is 0.685 bits per heavy atom. The predicted octanol–water partition coefficient (Wildman–Crippen LogP) is 22.4. The molecule has 0 aromatic carbocycles. The van der Waals surface area contributed by atoms with E-state index in [-0.39, 0.29) is 31.1 Å². The summed E-state index contributed by atoms with van der Waals surface area (Å²) in [7, 11) is 0. The van der Waals surface area contributed by atoms with Crippen LogP contribution >= 0.6 is 0 Å². The lowest BCUT2D eigenvalue weighted by atomic mass is 10.0. The Labute approximate surface area is 456 Å². The molecule has 0 bridgehead atoms. The van der Waals surface area contributed by atoms with Gasteiger partial charge in [0.1, 0.15) is 13.2 Å². The lowest BCUT2D eigenvalue weighted by molar-refractivity contribution is -0.167. The number of ether oxygens (including phenoxy) is 3. The van der Waals surface area contributed by atoms with Crippen LogP contribution in [0.2, 0.25) is 0 Å². The van der Waals surface area contributed by atoms with Crippen molar-refractivity contribution in [3.63, 3.8) is 0 Å². The molecule has 0 saturated heterocycles. The number of esters is 3. The lowest BCUT2D eigenvalue weighted by Crippen LogP contribution is -2.30. The van der Waals surface area contributed by atoms with Crippen LogP contribution in [0.4, 0.5) is 0 Å². The summed E-state index contributed by atoms with van der Waals surface area (Å²) >= 11 is 0. The van der Waals surface area contributed by atoms with Crippen LogP contribution in [0.25, 0.3) is 0 Å². The molecule has 1 atom stereocenters. The van der Waals surface area contributed by atoms with Crippen LogP contribution < -0.4 is 0 Å². The predicted molar refractivity (Wildman–Crippen MR) is 317 cm³/mol. The number of carbonyl (C=O) groups excluding carboxylic acids is 3. The number of carbonyl (C=O) groups is 3. The second kappa shape index (κ2) is 62.7. The van der Waals surface area contributed by atoms with Crippen molar-refractivity contribution in [2.75, 3.05) is 13.2 Å². The molecule has 6 heteroatoms. The van der Waals surface area contributed by atoms with E-state index in [4.69, 9.17) is 14.2 Å². The van der Waals surface area contributed by atoms with Crippen molar-refractivity contribution in [1.29, 1.82) is 0 Å². The molecule has 0 rings (SSSR count). The molecule has 0 aliphatic rings. The molecule has 0 heterocycles. The van der Waals surface area contributed by atoms with Crippen LogP contribution in [0.15, 0.2) is 12.2 Å². The van der Waals surface area contributed by atoms with Gasteiger partial charge in [0.05, 0.1) is 0 Å². The van der Waals surface area contributed by atoms with E-state index < -0.39 is 6.10 Å². The van der Waals surface area contributed by atoms with Gasteiger partial charge in [-0.3, -0.25) is 14.4 Å². The molecule has 0 spiro atoms. The maximum absolute atomic E-state index is 12.9. The van der Waals surface area contributed by atoms with Gasteiger partial charge in [0, 0.05) is 19.3 Å². The first kappa shape index (κ1) is 71.2. The molecule has 0 radical (unpaired) electrons. The molecule has 0 fully saturated rings. The molecule has 0 saturated carbocycles. The van der Waals surface area contributed by atoms with E-state index in [1.807, 2.05) is 0 Å². The third kappa shape index (κ3) is 60.9. The van der Waals surface area contributed by atoms with Crippen LogP contribution in [-0.4, -0.2) is 37.2 Å². The minimum atomic E-state index is -0.766. The van der Waals surface area contributed by atoms with E-state index in [2.05, 4.69) is 32.9 Å². The zero-order valence-electron chi connectivity index (χ0n) is 49.7. The van der Waals surface area contributed by atoms with Gasteiger partial charge >= 0.3 is 17.9 Å². The number of rotatable bonds is 62. The van der Waals surface area contributed by atoms with E-state index in [1.54, 1.807) is 0 Å². The third-order valence-corrected chi connectivity index (χ3v) is 15.3. The first-order valence-corrected chi connectivity index (χ1v) is 33.2. The average molecular weight is 1030 g/mol. The molecule has 0 aromatic heterocycles. The molecule has 0 aromatic rings. The monoisotopic (exact) mass is 1030 g/mol. The SMILES string of the molecule is CCCCCCCC/C=C\CCCCCCCCCCCC(=O)OC[C@@H](COC(=O)CCCCCCCCCCCCCCCCCCC)OC(=O)CCCCCCCCCCCCCCCCCCCCC. The Morgan fingerprint density at radius 2 is 0.452 bits per heavy atom. The molecule has 0 aliphatic carbocycles. The van der Waals surface area contributed by atoms with Gasteiger partial charge in [-0.1, -0.05) is 328 Å². The minimum absolute atomic E-state index is 0.0635. The standard InChI is InChI=1S/C67H128O6/c1-4-7-10-13-16-19-22-25-28-31-33-36-39-42-45-48-51-54-57-60-66(69)72-63-64(62-71-65(68)59-56-53-50-47-44-41-38-35-30-27-24-21-18-15-12-9-6-3)73-67(70)61-58-55-52-49-46-43-40-37-34-32-29-26-23-20-17-14-11-8-5-2/h25,28,64H,4-24,26-27,29-63H2,1-3H3/b28-25-/t64-/m1/s1. The smallest absolute Gasteiger partial charge is 0.306 e. The maximum atomic E-state index is 12.9. The zero-order valence-corrected chi connectivity index (χ0v) is 49.7. The normalized spacial score (nSPS) is 12.0. The highest BCUT2D eigenvalue weighted by atomic mass is 16.6. The Bertz CT molecular complexity index is 1130. The Balaban J connectivity index is 4.30. The highest BCUT2D eigenvalue weighted by Crippen LogP contribution is 2.18. The van der Waals surface area contributed by atoms with Crippen molar-refractivity contribution in [2.24, 2.45) is 0 Å². The fourth-order valence-electron chi connectivity index (χ4n) is 10.3. The minimum Gasteiger partial charge on any atom is -0.462 e. The van der Waals surface area contributed by atoms with Gasteiger partial charge in [-0.05, 0) is 44.9 Å². The quantitative estimate of drug-likeness (QED) is 0.0261. The van der Waals surface area contributed by atoms with Gasteiger partial charge in [0.25, 0.3) is 0 Å². The highest BCUT2D eigenvalue weighted by molar-refractivity contribution is 5.71. The first-order valence-electron chi connectivity index (χ1n) is 33.2. The largest absolute Gasteiger partial charge is 0.462 e. The number of unbranched alkanes of at least 4 members (excludes halogenated alkanes) is 49.